The smallest absolute Gasteiger partial charge is 0.0235 e. The second kappa shape index (κ2) is 4.17. The molecule has 1 saturated heterocycles. The lowest BCUT2D eigenvalue weighted by molar-refractivity contribution is 0.0441. The highest BCUT2D eigenvalue weighted by Gasteiger charge is 2.36. The lowest BCUT2D eigenvalue weighted by atomic mass is 10.1. The van der Waals surface area contributed by atoms with E-state index < -0.39 is 0 Å². The molecular weight excluding hydrogens is 174 g/mol. The molecule has 0 radical (unpaired) electrons. The van der Waals surface area contributed by atoms with Gasteiger partial charge in [-0.2, -0.15) is 0 Å². The summed E-state index contributed by atoms with van der Waals surface area (Å²) >= 11 is 0. The molecule has 0 spiro atoms. The van der Waals surface area contributed by atoms with Crippen LogP contribution in [0.5, 0.6) is 0 Å². The standard InChI is InChI=1S/C11H23N3/c1-9-7-14(10-3-4-10)8-11(5-6-12)13(9)2/h9-11H,3-8,12H2,1-2H3. The molecule has 0 amide bonds. The van der Waals surface area contributed by atoms with Crippen molar-refractivity contribution in [2.75, 3.05) is 26.7 Å². The highest BCUT2D eigenvalue weighted by molar-refractivity contribution is 4.93. The van der Waals surface area contributed by atoms with Gasteiger partial charge in [-0.1, -0.05) is 0 Å². The van der Waals surface area contributed by atoms with Crippen molar-refractivity contribution in [1.82, 2.24) is 9.80 Å². The molecule has 2 fully saturated rings. The quantitative estimate of drug-likeness (QED) is 0.715. The molecule has 3 heteroatoms. The van der Waals surface area contributed by atoms with Gasteiger partial charge in [0.1, 0.15) is 0 Å². The van der Waals surface area contributed by atoms with E-state index in [2.05, 4.69) is 23.8 Å². The number of likely N-dealkylation sites (N-methyl/N-ethyl adjacent to an activating group) is 1. The Hall–Kier alpha value is -0.120. The number of hydrogen-bond acceptors (Lipinski definition) is 3. The third kappa shape index (κ3) is 2.10. The lowest BCUT2D eigenvalue weighted by Gasteiger charge is -2.44. The molecule has 0 aromatic heterocycles. The van der Waals surface area contributed by atoms with Gasteiger partial charge in [-0.25, -0.2) is 0 Å². The molecule has 1 heterocycles. The van der Waals surface area contributed by atoms with Crippen LogP contribution in [0.15, 0.2) is 0 Å². The van der Waals surface area contributed by atoms with Gasteiger partial charge in [0.05, 0.1) is 0 Å². The maximum Gasteiger partial charge on any atom is 0.0235 e. The monoisotopic (exact) mass is 197 g/mol. The molecule has 82 valence electrons. The third-order valence-corrected chi connectivity index (χ3v) is 3.78. The van der Waals surface area contributed by atoms with Gasteiger partial charge in [0, 0.05) is 31.2 Å². The van der Waals surface area contributed by atoms with Crippen LogP contribution < -0.4 is 5.73 Å². The summed E-state index contributed by atoms with van der Waals surface area (Å²) in [5, 5.41) is 0. The van der Waals surface area contributed by atoms with Gasteiger partial charge in [-0.3, -0.25) is 9.80 Å². The van der Waals surface area contributed by atoms with Crippen molar-refractivity contribution in [2.45, 2.75) is 44.3 Å². The van der Waals surface area contributed by atoms with Gasteiger partial charge in [0.2, 0.25) is 0 Å². The van der Waals surface area contributed by atoms with Gasteiger partial charge < -0.3 is 5.73 Å². The van der Waals surface area contributed by atoms with Gasteiger partial charge in [0.25, 0.3) is 0 Å². The van der Waals surface area contributed by atoms with E-state index in [1.165, 1.54) is 25.9 Å². The summed E-state index contributed by atoms with van der Waals surface area (Å²) in [5.74, 6) is 0. The largest absolute Gasteiger partial charge is 0.330 e. The Balaban J connectivity index is 1.93. The molecule has 0 bridgehead atoms. The number of nitrogens with two attached hydrogens (primary N) is 1. The maximum atomic E-state index is 5.66. The molecule has 1 aliphatic carbocycles. The zero-order valence-corrected chi connectivity index (χ0v) is 9.45. The highest BCUT2D eigenvalue weighted by atomic mass is 15.3. The fourth-order valence-corrected chi connectivity index (χ4v) is 2.53. The topological polar surface area (TPSA) is 32.5 Å². The van der Waals surface area contributed by atoms with Crippen molar-refractivity contribution in [1.29, 1.82) is 0 Å². The number of nitrogens with zero attached hydrogens (tertiary/aromatic N) is 2. The molecule has 14 heavy (non-hydrogen) atoms. The Morgan fingerprint density at radius 3 is 2.57 bits per heavy atom. The average Bonchev–Trinajstić information content (AvgIpc) is 2.96. The molecule has 1 aliphatic heterocycles. The minimum absolute atomic E-state index is 0.685. The molecule has 0 aromatic rings. The van der Waals surface area contributed by atoms with Crippen molar-refractivity contribution in [2.24, 2.45) is 5.73 Å². The third-order valence-electron chi connectivity index (χ3n) is 3.78. The van der Waals surface area contributed by atoms with E-state index in [0.717, 1.165) is 19.0 Å². The van der Waals surface area contributed by atoms with Crippen molar-refractivity contribution >= 4 is 0 Å². The molecule has 2 unspecified atom stereocenters. The molecular formula is C11H23N3. The Morgan fingerprint density at radius 2 is 2.00 bits per heavy atom. The van der Waals surface area contributed by atoms with E-state index in [1.807, 2.05) is 0 Å². The highest BCUT2D eigenvalue weighted by Crippen LogP contribution is 2.30. The maximum absolute atomic E-state index is 5.66. The molecule has 2 N–H and O–H groups in total. The van der Waals surface area contributed by atoms with Crippen molar-refractivity contribution in [3.63, 3.8) is 0 Å². The van der Waals surface area contributed by atoms with Crippen LogP contribution in [0, 0.1) is 0 Å². The predicted molar refractivity (Wildman–Crippen MR) is 59.3 cm³/mol. The van der Waals surface area contributed by atoms with E-state index in [-0.39, 0.29) is 0 Å². The minimum atomic E-state index is 0.685. The van der Waals surface area contributed by atoms with Crippen LogP contribution in [0.1, 0.15) is 26.2 Å². The van der Waals surface area contributed by atoms with E-state index in [0.29, 0.717) is 12.1 Å². The Labute approximate surface area is 87.2 Å². The minimum Gasteiger partial charge on any atom is -0.330 e. The molecule has 2 aliphatic rings. The van der Waals surface area contributed by atoms with E-state index in [9.17, 15) is 0 Å². The Kier molecular flexibility index (Phi) is 3.10. The lowest BCUT2D eigenvalue weighted by Crippen LogP contribution is -2.56. The Morgan fingerprint density at radius 1 is 1.29 bits per heavy atom. The zero-order valence-electron chi connectivity index (χ0n) is 9.45. The molecule has 2 atom stereocenters. The van der Waals surface area contributed by atoms with Crippen LogP contribution in [0.3, 0.4) is 0 Å². The van der Waals surface area contributed by atoms with E-state index >= 15 is 0 Å². The predicted octanol–water partition coefficient (Wildman–Crippen LogP) is 0.502. The first-order chi connectivity index (χ1) is 6.72. The normalized spacial score (nSPS) is 36.2. The molecule has 1 saturated carbocycles. The summed E-state index contributed by atoms with van der Waals surface area (Å²) in [7, 11) is 2.25. The van der Waals surface area contributed by atoms with Crippen molar-refractivity contribution < 1.29 is 0 Å². The van der Waals surface area contributed by atoms with Crippen LogP contribution in [-0.2, 0) is 0 Å². The van der Waals surface area contributed by atoms with Gasteiger partial charge in [0.15, 0.2) is 0 Å². The summed E-state index contributed by atoms with van der Waals surface area (Å²) in [4.78, 5) is 5.18. The zero-order chi connectivity index (χ0) is 10.1. The first-order valence-corrected chi connectivity index (χ1v) is 5.88. The van der Waals surface area contributed by atoms with Gasteiger partial charge in [-0.05, 0) is 39.8 Å². The van der Waals surface area contributed by atoms with Crippen LogP contribution >= 0.6 is 0 Å². The van der Waals surface area contributed by atoms with Gasteiger partial charge in [-0.15, -0.1) is 0 Å². The van der Waals surface area contributed by atoms with E-state index in [4.69, 9.17) is 5.73 Å². The SMILES string of the molecule is CC1CN(C2CC2)CC(CCN)N1C. The van der Waals surface area contributed by atoms with Crippen molar-refractivity contribution in [3.8, 4) is 0 Å². The Bertz CT molecular complexity index is 191. The van der Waals surface area contributed by atoms with E-state index in [1.54, 1.807) is 0 Å². The molecule has 2 rings (SSSR count). The molecule has 0 aromatic carbocycles. The fourth-order valence-electron chi connectivity index (χ4n) is 2.53. The fraction of sp³-hybridized carbons (Fsp3) is 1.00. The number of rotatable bonds is 3. The van der Waals surface area contributed by atoms with Crippen LogP contribution in [-0.4, -0.2) is 54.6 Å². The van der Waals surface area contributed by atoms with Crippen LogP contribution in [0.2, 0.25) is 0 Å². The summed E-state index contributed by atoms with van der Waals surface area (Å²) < 4.78 is 0. The van der Waals surface area contributed by atoms with Crippen molar-refractivity contribution in [3.05, 3.63) is 0 Å². The second-order valence-electron chi connectivity index (χ2n) is 4.93. The van der Waals surface area contributed by atoms with Gasteiger partial charge >= 0.3 is 0 Å². The summed E-state index contributed by atoms with van der Waals surface area (Å²) in [6.45, 7) is 5.64. The first-order valence-electron chi connectivity index (χ1n) is 5.88. The van der Waals surface area contributed by atoms with Crippen LogP contribution in [0.25, 0.3) is 0 Å². The summed E-state index contributed by atoms with van der Waals surface area (Å²) in [6, 6.07) is 2.29. The number of hydrogen-bond donors (Lipinski definition) is 1. The molecule has 3 nitrogen and oxygen atoms in total. The summed E-state index contributed by atoms with van der Waals surface area (Å²) in [6.07, 6.45) is 3.99. The van der Waals surface area contributed by atoms with Crippen LogP contribution in [0.4, 0.5) is 0 Å². The summed E-state index contributed by atoms with van der Waals surface area (Å²) in [5.41, 5.74) is 5.66. The average molecular weight is 197 g/mol. The number of piperazine rings is 1. The first kappa shape index (κ1) is 10.4. The second-order valence-corrected chi connectivity index (χ2v) is 4.93.